The zero-order chi connectivity index (χ0) is 12.8. The number of aryl methyl sites for hydroxylation is 1. The van der Waals surface area contributed by atoms with Crippen LogP contribution < -0.4 is 11.1 Å². The number of nitro benzene ring substituents is 1. The summed E-state index contributed by atoms with van der Waals surface area (Å²) in [4.78, 5) is 20.6. The number of rotatable bonds is 5. The lowest BCUT2D eigenvalue weighted by atomic mass is 10.1. The highest BCUT2D eigenvalue weighted by Crippen LogP contribution is 2.27. The zero-order valence-electron chi connectivity index (χ0n) is 9.30. The van der Waals surface area contributed by atoms with E-state index in [9.17, 15) is 14.9 Å². The zero-order valence-corrected chi connectivity index (χ0v) is 9.30. The molecule has 17 heavy (non-hydrogen) atoms. The Bertz CT molecular complexity index is 434. The molecule has 3 N–H and O–H groups in total. The Morgan fingerprint density at radius 3 is 2.88 bits per heavy atom. The summed E-state index contributed by atoms with van der Waals surface area (Å²) in [5.74, 6) is 0. The summed E-state index contributed by atoms with van der Waals surface area (Å²) in [6.07, 6.45) is -0.869. The van der Waals surface area contributed by atoms with Gasteiger partial charge in [0.25, 0.3) is 5.69 Å². The van der Waals surface area contributed by atoms with Gasteiger partial charge in [-0.1, -0.05) is 12.1 Å². The topological polar surface area (TPSA) is 107 Å². The Kier molecular flexibility index (Phi) is 4.27. The van der Waals surface area contributed by atoms with Gasteiger partial charge in [-0.15, -0.1) is 0 Å². The number of hydrogen-bond donors (Lipinski definition) is 2. The van der Waals surface area contributed by atoms with Gasteiger partial charge in [-0.05, 0) is 12.5 Å². The molecule has 0 bridgehead atoms. The van der Waals surface area contributed by atoms with Crippen LogP contribution in [-0.4, -0.2) is 24.2 Å². The van der Waals surface area contributed by atoms with E-state index in [0.717, 1.165) is 5.56 Å². The van der Waals surface area contributed by atoms with Crippen molar-refractivity contribution in [1.29, 1.82) is 0 Å². The van der Waals surface area contributed by atoms with Crippen LogP contribution in [0.4, 0.5) is 16.2 Å². The van der Waals surface area contributed by atoms with E-state index in [4.69, 9.17) is 5.73 Å². The molecule has 7 heteroatoms. The maximum absolute atomic E-state index is 10.8. The lowest BCUT2D eigenvalue weighted by Gasteiger charge is -2.09. The molecule has 92 valence electrons. The van der Waals surface area contributed by atoms with Crippen LogP contribution in [-0.2, 0) is 4.74 Å². The highest BCUT2D eigenvalue weighted by atomic mass is 16.6. The SMILES string of the molecule is Cc1cccc([N+](=O)[O-])c1NCCOC(N)=O. The molecule has 1 aromatic carbocycles. The molecule has 0 aliphatic carbocycles. The first-order chi connectivity index (χ1) is 8.02. The summed E-state index contributed by atoms with van der Waals surface area (Å²) in [6, 6.07) is 4.77. The molecule has 7 nitrogen and oxygen atoms in total. The van der Waals surface area contributed by atoms with E-state index in [1.165, 1.54) is 6.07 Å². The van der Waals surface area contributed by atoms with Crippen LogP contribution in [0.15, 0.2) is 18.2 Å². The maximum Gasteiger partial charge on any atom is 0.404 e. The Morgan fingerprint density at radius 1 is 1.59 bits per heavy atom. The van der Waals surface area contributed by atoms with E-state index >= 15 is 0 Å². The third-order valence-electron chi connectivity index (χ3n) is 2.10. The van der Waals surface area contributed by atoms with E-state index < -0.39 is 11.0 Å². The van der Waals surface area contributed by atoms with Gasteiger partial charge < -0.3 is 15.8 Å². The molecular weight excluding hydrogens is 226 g/mol. The van der Waals surface area contributed by atoms with Crippen molar-refractivity contribution in [3.8, 4) is 0 Å². The molecule has 0 unspecified atom stereocenters. The van der Waals surface area contributed by atoms with Crippen molar-refractivity contribution in [3.63, 3.8) is 0 Å². The van der Waals surface area contributed by atoms with Crippen molar-refractivity contribution in [2.75, 3.05) is 18.5 Å². The summed E-state index contributed by atoms with van der Waals surface area (Å²) in [5, 5.41) is 13.6. The second-order valence-corrected chi connectivity index (χ2v) is 3.32. The molecule has 0 atom stereocenters. The summed E-state index contributed by atoms with van der Waals surface area (Å²) in [7, 11) is 0. The van der Waals surface area contributed by atoms with Crippen LogP contribution in [0.2, 0.25) is 0 Å². The minimum absolute atomic E-state index is 0.0101. The fourth-order valence-electron chi connectivity index (χ4n) is 1.36. The van der Waals surface area contributed by atoms with E-state index in [-0.39, 0.29) is 18.8 Å². The van der Waals surface area contributed by atoms with Gasteiger partial charge in [-0.25, -0.2) is 4.79 Å². The molecular formula is C10H13N3O4. The molecule has 0 aliphatic heterocycles. The second-order valence-electron chi connectivity index (χ2n) is 3.32. The quantitative estimate of drug-likeness (QED) is 0.459. The van der Waals surface area contributed by atoms with Gasteiger partial charge in [-0.3, -0.25) is 10.1 Å². The number of nitro groups is 1. The Hall–Kier alpha value is -2.31. The number of ether oxygens (including phenoxy) is 1. The number of nitrogens with two attached hydrogens (primary N) is 1. The third kappa shape index (κ3) is 3.63. The lowest BCUT2D eigenvalue weighted by molar-refractivity contribution is -0.384. The number of hydrogen-bond acceptors (Lipinski definition) is 5. The first-order valence-electron chi connectivity index (χ1n) is 4.92. The number of carbonyl (C=O) groups is 1. The largest absolute Gasteiger partial charge is 0.448 e. The van der Waals surface area contributed by atoms with Crippen molar-refractivity contribution < 1.29 is 14.5 Å². The normalized spacial score (nSPS) is 9.71. The van der Waals surface area contributed by atoms with Gasteiger partial charge in [0.05, 0.1) is 4.92 Å². The second kappa shape index (κ2) is 5.69. The molecule has 1 rings (SSSR count). The van der Waals surface area contributed by atoms with Crippen molar-refractivity contribution in [3.05, 3.63) is 33.9 Å². The van der Waals surface area contributed by atoms with Gasteiger partial charge in [0.2, 0.25) is 0 Å². The first-order valence-corrected chi connectivity index (χ1v) is 4.92. The number of para-hydroxylation sites is 1. The highest BCUT2D eigenvalue weighted by molar-refractivity contribution is 5.66. The molecule has 0 saturated heterocycles. The molecule has 0 spiro atoms. The van der Waals surface area contributed by atoms with E-state index in [2.05, 4.69) is 10.1 Å². The van der Waals surface area contributed by atoms with Crippen molar-refractivity contribution in [1.82, 2.24) is 0 Å². The Morgan fingerprint density at radius 2 is 2.29 bits per heavy atom. The first kappa shape index (κ1) is 12.8. The van der Waals surface area contributed by atoms with Crippen LogP contribution in [0.5, 0.6) is 0 Å². The monoisotopic (exact) mass is 239 g/mol. The van der Waals surface area contributed by atoms with Gasteiger partial charge in [0.15, 0.2) is 0 Å². The molecule has 1 aromatic rings. The van der Waals surface area contributed by atoms with E-state index in [0.29, 0.717) is 5.69 Å². The van der Waals surface area contributed by atoms with Gasteiger partial charge in [0, 0.05) is 12.6 Å². The van der Waals surface area contributed by atoms with Crippen LogP contribution in [0.3, 0.4) is 0 Å². The highest BCUT2D eigenvalue weighted by Gasteiger charge is 2.14. The van der Waals surface area contributed by atoms with Crippen LogP contribution in [0, 0.1) is 17.0 Å². The number of amides is 1. The molecule has 0 aliphatic rings. The van der Waals surface area contributed by atoms with Crippen molar-refractivity contribution in [2.24, 2.45) is 5.73 Å². The maximum atomic E-state index is 10.8. The summed E-state index contributed by atoms with van der Waals surface area (Å²) < 4.78 is 4.51. The molecule has 0 fully saturated rings. The number of primary amides is 1. The van der Waals surface area contributed by atoms with Crippen LogP contribution in [0.25, 0.3) is 0 Å². The predicted molar refractivity (Wildman–Crippen MR) is 61.9 cm³/mol. The van der Waals surface area contributed by atoms with Crippen LogP contribution in [0.1, 0.15) is 5.56 Å². The average Bonchev–Trinajstić information content (AvgIpc) is 2.25. The average molecular weight is 239 g/mol. The number of carbonyl (C=O) groups excluding carboxylic acids is 1. The third-order valence-corrected chi connectivity index (χ3v) is 2.10. The van der Waals surface area contributed by atoms with Gasteiger partial charge >= 0.3 is 6.09 Å². The van der Waals surface area contributed by atoms with E-state index in [1.54, 1.807) is 19.1 Å². The van der Waals surface area contributed by atoms with Gasteiger partial charge in [-0.2, -0.15) is 0 Å². The molecule has 0 radical (unpaired) electrons. The van der Waals surface area contributed by atoms with Gasteiger partial charge in [0.1, 0.15) is 12.3 Å². The smallest absolute Gasteiger partial charge is 0.404 e. The molecule has 0 heterocycles. The minimum Gasteiger partial charge on any atom is -0.448 e. The molecule has 0 saturated carbocycles. The lowest BCUT2D eigenvalue weighted by Crippen LogP contribution is -2.18. The van der Waals surface area contributed by atoms with Crippen molar-refractivity contribution in [2.45, 2.75) is 6.92 Å². The summed E-state index contributed by atoms with van der Waals surface area (Å²) in [6.45, 7) is 2.07. The number of nitrogens with one attached hydrogen (secondary N) is 1. The molecule has 1 amide bonds. The van der Waals surface area contributed by atoms with E-state index in [1.807, 2.05) is 0 Å². The summed E-state index contributed by atoms with van der Waals surface area (Å²) >= 11 is 0. The predicted octanol–water partition coefficient (Wildman–Crippen LogP) is 1.41. The number of anilines is 1. The number of benzene rings is 1. The minimum atomic E-state index is -0.869. The molecule has 0 aromatic heterocycles. The van der Waals surface area contributed by atoms with Crippen molar-refractivity contribution >= 4 is 17.5 Å². The van der Waals surface area contributed by atoms with Crippen LogP contribution >= 0.6 is 0 Å². The Balaban J connectivity index is 2.69. The fourth-order valence-corrected chi connectivity index (χ4v) is 1.36. The fraction of sp³-hybridized carbons (Fsp3) is 0.300. The summed E-state index contributed by atoms with van der Waals surface area (Å²) in [5.41, 5.74) is 5.94. The number of nitrogens with zero attached hydrogens (tertiary/aromatic N) is 1. The standard InChI is InChI=1S/C10H13N3O4/c1-7-3-2-4-8(13(15)16)9(7)12-5-6-17-10(11)14/h2-4,12H,5-6H2,1H3,(H2,11,14). The Labute approximate surface area is 97.7 Å².